The molecule has 48 heavy (non-hydrogen) atoms. The van der Waals surface area contributed by atoms with Gasteiger partial charge in [0.15, 0.2) is 5.82 Å². The van der Waals surface area contributed by atoms with Crippen molar-refractivity contribution in [2.75, 3.05) is 0 Å². The molecule has 0 radical (unpaired) electrons. The summed E-state index contributed by atoms with van der Waals surface area (Å²) in [6.07, 6.45) is 11.3. The summed E-state index contributed by atoms with van der Waals surface area (Å²) < 4.78 is 0. The van der Waals surface area contributed by atoms with Gasteiger partial charge in [0.05, 0.1) is 0 Å². The number of nitrogens with one attached hydrogen (secondary N) is 2. The highest BCUT2D eigenvalue weighted by Crippen LogP contribution is 2.24. The van der Waals surface area contributed by atoms with Gasteiger partial charge in [-0.2, -0.15) is 0 Å². The van der Waals surface area contributed by atoms with Gasteiger partial charge in [-0.3, -0.25) is 14.4 Å². The fraction of sp³-hybridized carbons (Fsp3) is 0.375. The van der Waals surface area contributed by atoms with Crippen LogP contribution in [0, 0.1) is 0 Å². The van der Waals surface area contributed by atoms with Crippen LogP contribution in [-0.4, -0.2) is 44.9 Å². The number of rotatable bonds is 15. The third-order valence-corrected chi connectivity index (χ3v) is 8.52. The molecular weight excluding hydrogens is 600 g/mol. The van der Waals surface area contributed by atoms with Gasteiger partial charge in [0.1, 0.15) is 12.1 Å². The lowest BCUT2D eigenvalue weighted by molar-refractivity contribution is -0.141. The predicted molar refractivity (Wildman–Crippen MR) is 191 cm³/mol. The highest BCUT2D eigenvalue weighted by Gasteiger charge is 2.25. The lowest BCUT2D eigenvalue weighted by atomic mass is 9.86. The summed E-state index contributed by atoms with van der Waals surface area (Å²) in [5.41, 5.74) is 6.39. The quantitative estimate of drug-likeness (QED) is 0.115. The fourth-order valence-electron chi connectivity index (χ4n) is 5.40. The molecule has 4 aromatic rings. The van der Waals surface area contributed by atoms with E-state index in [0.29, 0.717) is 11.4 Å². The minimum atomic E-state index is -1.16. The van der Waals surface area contributed by atoms with E-state index in [0.717, 1.165) is 34.2 Å². The van der Waals surface area contributed by atoms with Gasteiger partial charge in [-0.15, -0.1) is 0 Å². The molecule has 1 aromatic heterocycles. The summed E-state index contributed by atoms with van der Waals surface area (Å²) in [5, 5.41) is 14.6. The molecular formula is C40H48N4O4. The monoisotopic (exact) mass is 648 g/mol. The Labute approximate surface area is 284 Å². The van der Waals surface area contributed by atoms with Crippen molar-refractivity contribution in [3.05, 3.63) is 107 Å². The van der Waals surface area contributed by atoms with E-state index in [4.69, 9.17) is 0 Å². The number of carboxylic acid groups (broad SMARTS) is 1. The van der Waals surface area contributed by atoms with Crippen molar-refractivity contribution in [1.29, 1.82) is 0 Å². The van der Waals surface area contributed by atoms with Gasteiger partial charge in [-0.1, -0.05) is 114 Å². The Morgan fingerprint density at radius 2 is 1.31 bits per heavy atom. The Hall–Kier alpha value is -4.85. The second kappa shape index (κ2) is 16.8. The smallest absolute Gasteiger partial charge is 0.325 e. The molecule has 0 aliphatic heterocycles. The number of amides is 2. The van der Waals surface area contributed by atoms with Gasteiger partial charge in [-0.05, 0) is 59.6 Å². The molecule has 8 heteroatoms. The SMILES string of the molecule is CCCCCCCc1ccc(-c2cnc(-c3ccc(C[C@H](NC(=O)c4ccc(C(C)(C)C)cc4)C(=O)N[C@H](C)C(=O)O)cc3)nc2)cc1. The third-order valence-electron chi connectivity index (χ3n) is 8.52. The standard InChI is InChI=1S/C40H48N4O4/c1-6-7-8-9-10-11-28-12-16-30(17-13-28)33-25-41-36(42-26-33)31-18-14-29(15-19-31)24-35(38(46)43-27(2)39(47)48)44-37(45)32-20-22-34(23-21-32)40(3,4)5/h12-23,25-27,35H,6-11,24H2,1-5H3,(H,43,46)(H,44,45)(H,47,48)/t27-,35+/m1/s1. The lowest BCUT2D eigenvalue weighted by Gasteiger charge is -2.21. The molecule has 0 bridgehead atoms. The van der Waals surface area contributed by atoms with Crippen molar-refractivity contribution in [3.8, 4) is 22.5 Å². The topological polar surface area (TPSA) is 121 Å². The average Bonchev–Trinajstić information content (AvgIpc) is 3.08. The van der Waals surface area contributed by atoms with Crippen LogP contribution in [0.25, 0.3) is 22.5 Å². The van der Waals surface area contributed by atoms with E-state index in [2.05, 4.69) is 72.6 Å². The molecule has 3 aromatic carbocycles. The van der Waals surface area contributed by atoms with Crippen molar-refractivity contribution < 1.29 is 19.5 Å². The Balaban J connectivity index is 1.42. The molecule has 0 fully saturated rings. The van der Waals surface area contributed by atoms with Crippen molar-refractivity contribution in [1.82, 2.24) is 20.6 Å². The van der Waals surface area contributed by atoms with Gasteiger partial charge in [0.2, 0.25) is 5.91 Å². The van der Waals surface area contributed by atoms with Crippen molar-refractivity contribution in [3.63, 3.8) is 0 Å². The number of aromatic nitrogens is 2. The van der Waals surface area contributed by atoms with Crippen LogP contribution in [0.5, 0.6) is 0 Å². The van der Waals surface area contributed by atoms with Gasteiger partial charge >= 0.3 is 5.97 Å². The van der Waals surface area contributed by atoms with E-state index < -0.39 is 29.9 Å². The lowest BCUT2D eigenvalue weighted by Crippen LogP contribution is -2.51. The zero-order chi connectivity index (χ0) is 34.7. The minimum absolute atomic E-state index is 0.0667. The summed E-state index contributed by atoms with van der Waals surface area (Å²) in [5.74, 6) is -1.58. The normalized spacial score (nSPS) is 12.6. The first-order valence-corrected chi connectivity index (χ1v) is 16.9. The van der Waals surface area contributed by atoms with Crippen LogP contribution < -0.4 is 10.6 Å². The van der Waals surface area contributed by atoms with Gasteiger partial charge in [0, 0.05) is 35.5 Å². The van der Waals surface area contributed by atoms with E-state index in [-0.39, 0.29) is 11.8 Å². The van der Waals surface area contributed by atoms with Crippen LogP contribution in [0.2, 0.25) is 0 Å². The molecule has 4 rings (SSSR count). The van der Waals surface area contributed by atoms with Crippen LogP contribution >= 0.6 is 0 Å². The maximum absolute atomic E-state index is 13.2. The first kappa shape index (κ1) is 36.0. The molecule has 0 aliphatic rings. The van der Waals surface area contributed by atoms with Gasteiger partial charge in [0.25, 0.3) is 5.91 Å². The number of aliphatic carboxylic acids is 1. The number of carbonyl (C=O) groups is 3. The molecule has 0 saturated heterocycles. The molecule has 3 N–H and O–H groups in total. The molecule has 1 heterocycles. The summed E-state index contributed by atoms with van der Waals surface area (Å²) in [4.78, 5) is 46.9. The van der Waals surface area contributed by atoms with Crippen LogP contribution in [-0.2, 0) is 27.8 Å². The van der Waals surface area contributed by atoms with Gasteiger partial charge in [-0.25, -0.2) is 9.97 Å². The predicted octanol–water partition coefficient (Wildman–Crippen LogP) is 7.55. The molecule has 2 amide bonds. The zero-order valence-corrected chi connectivity index (χ0v) is 28.8. The maximum Gasteiger partial charge on any atom is 0.325 e. The van der Waals surface area contributed by atoms with E-state index in [1.807, 2.05) is 48.8 Å². The Kier molecular flexibility index (Phi) is 12.6. The Morgan fingerprint density at radius 3 is 1.90 bits per heavy atom. The summed E-state index contributed by atoms with van der Waals surface area (Å²) in [7, 11) is 0. The number of nitrogens with zero attached hydrogens (tertiary/aromatic N) is 2. The molecule has 2 atom stereocenters. The first-order chi connectivity index (χ1) is 22.9. The van der Waals surface area contributed by atoms with Crippen LogP contribution in [0.1, 0.15) is 93.8 Å². The van der Waals surface area contributed by atoms with Crippen LogP contribution in [0.4, 0.5) is 0 Å². The number of hydrogen-bond donors (Lipinski definition) is 3. The minimum Gasteiger partial charge on any atom is -0.480 e. The number of carboxylic acids is 1. The second-order valence-corrected chi connectivity index (χ2v) is 13.5. The summed E-state index contributed by atoms with van der Waals surface area (Å²) >= 11 is 0. The van der Waals surface area contributed by atoms with Crippen LogP contribution in [0.15, 0.2) is 85.2 Å². The number of hydrogen-bond acceptors (Lipinski definition) is 5. The number of aryl methyl sites for hydroxylation is 1. The number of benzene rings is 3. The van der Waals surface area contributed by atoms with Crippen molar-refractivity contribution >= 4 is 17.8 Å². The molecule has 8 nitrogen and oxygen atoms in total. The second-order valence-electron chi connectivity index (χ2n) is 13.5. The van der Waals surface area contributed by atoms with Crippen molar-refractivity contribution in [2.24, 2.45) is 0 Å². The largest absolute Gasteiger partial charge is 0.480 e. The molecule has 0 spiro atoms. The third kappa shape index (κ3) is 10.3. The van der Waals surface area contributed by atoms with Gasteiger partial charge < -0.3 is 15.7 Å². The molecule has 0 saturated carbocycles. The molecule has 0 aliphatic carbocycles. The number of carbonyl (C=O) groups excluding carboxylic acids is 2. The average molecular weight is 649 g/mol. The summed E-state index contributed by atoms with van der Waals surface area (Å²) in [6.45, 7) is 9.89. The maximum atomic E-state index is 13.2. The number of unbranched alkanes of at least 4 members (excludes halogenated alkanes) is 4. The van der Waals surface area contributed by atoms with E-state index in [9.17, 15) is 19.5 Å². The van der Waals surface area contributed by atoms with E-state index >= 15 is 0 Å². The summed E-state index contributed by atoms with van der Waals surface area (Å²) in [6, 6.07) is 21.3. The molecule has 0 unspecified atom stereocenters. The van der Waals surface area contributed by atoms with E-state index in [1.54, 1.807) is 12.1 Å². The Morgan fingerprint density at radius 1 is 0.729 bits per heavy atom. The first-order valence-electron chi connectivity index (χ1n) is 16.9. The Bertz CT molecular complexity index is 1640. The van der Waals surface area contributed by atoms with E-state index in [1.165, 1.54) is 44.6 Å². The molecule has 252 valence electrons. The van der Waals surface area contributed by atoms with Crippen molar-refractivity contribution in [2.45, 2.75) is 97.1 Å². The highest BCUT2D eigenvalue weighted by atomic mass is 16.4. The van der Waals surface area contributed by atoms with Crippen LogP contribution in [0.3, 0.4) is 0 Å². The highest BCUT2D eigenvalue weighted by molar-refractivity contribution is 5.98. The fourth-order valence-corrected chi connectivity index (χ4v) is 5.40. The zero-order valence-electron chi connectivity index (χ0n) is 28.8.